The van der Waals surface area contributed by atoms with Gasteiger partial charge in [-0.3, -0.25) is 4.79 Å². The maximum atomic E-state index is 12.7. The third kappa shape index (κ3) is 6.89. The van der Waals surface area contributed by atoms with Crippen molar-refractivity contribution in [2.45, 2.75) is 20.0 Å². The zero-order valence-electron chi connectivity index (χ0n) is 19.4. The van der Waals surface area contributed by atoms with E-state index in [2.05, 4.69) is 11.9 Å². The number of aryl methyl sites for hydroxylation is 1. The summed E-state index contributed by atoms with van der Waals surface area (Å²) in [6.45, 7) is 6.01. The van der Waals surface area contributed by atoms with Gasteiger partial charge in [-0.1, -0.05) is 47.5 Å². The van der Waals surface area contributed by atoms with Crippen LogP contribution < -0.4 is 14.8 Å². The third-order valence-electron chi connectivity index (χ3n) is 5.14. The molecule has 0 heterocycles. The Bertz CT molecular complexity index is 1310. The molecular weight excluding hydrogens is 483 g/mol. The molecular formula is C28H24Cl2N2O3. The molecule has 35 heavy (non-hydrogen) atoms. The second-order valence-corrected chi connectivity index (χ2v) is 8.55. The lowest BCUT2D eigenvalue weighted by molar-refractivity contribution is -0.112. The maximum Gasteiger partial charge on any atom is 0.266 e. The van der Waals surface area contributed by atoms with E-state index < -0.39 is 5.91 Å². The van der Waals surface area contributed by atoms with Crippen LogP contribution in [-0.4, -0.2) is 13.0 Å². The molecule has 1 N–H and O–H groups in total. The largest absolute Gasteiger partial charge is 0.493 e. The molecule has 5 nitrogen and oxygen atoms in total. The van der Waals surface area contributed by atoms with Crippen LogP contribution in [0.25, 0.3) is 6.08 Å². The number of benzene rings is 3. The van der Waals surface area contributed by atoms with Crippen molar-refractivity contribution in [2.75, 3.05) is 12.4 Å². The molecule has 0 aliphatic heterocycles. The number of halogens is 2. The second kappa shape index (κ2) is 12.1. The van der Waals surface area contributed by atoms with Gasteiger partial charge in [-0.2, -0.15) is 5.26 Å². The predicted molar refractivity (Wildman–Crippen MR) is 141 cm³/mol. The summed E-state index contributed by atoms with van der Waals surface area (Å²) in [6, 6.07) is 18.1. The van der Waals surface area contributed by atoms with Crippen LogP contribution in [0.4, 0.5) is 5.69 Å². The highest BCUT2D eigenvalue weighted by Crippen LogP contribution is 2.35. The van der Waals surface area contributed by atoms with Gasteiger partial charge in [0.25, 0.3) is 5.91 Å². The number of amides is 1. The fraction of sp³-hybridized carbons (Fsp3) is 0.143. The van der Waals surface area contributed by atoms with Crippen LogP contribution in [0, 0.1) is 18.3 Å². The van der Waals surface area contributed by atoms with Crippen LogP contribution in [0.2, 0.25) is 10.0 Å². The zero-order valence-corrected chi connectivity index (χ0v) is 20.9. The fourth-order valence-corrected chi connectivity index (χ4v) is 3.62. The molecule has 178 valence electrons. The lowest BCUT2D eigenvalue weighted by Gasteiger charge is -2.16. The summed E-state index contributed by atoms with van der Waals surface area (Å²) in [5.74, 6) is 0.504. The van der Waals surface area contributed by atoms with Gasteiger partial charge in [0, 0.05) is 21.3 Å². The van der Waals surface area contributed by atoms with Gasteiger partial charge in [0.15, 0.2) is 11.5 Å². The molecule has 0 saturated heterocycles. The van der Waals surface area contributed by atoms with Crippen LogP contribution in [0.3, 0.4) is 0 Å². The molecule has 0 unspecified atom stereocenters. The van der Waals surface area contributed by atoms with E-state index in [0.29, 0.717) is 45.8 Å². The summed E-state index contributed by atoms with van der Waals surface area (Å²) < 4.78 is 11.6. The van der Waals surface area contributed by atoms with Gasteiger partial charge >= 0.3 is 0 Å². The third-order valence-corrected chi connectivity index (χ3v) is 5.80. The molecule has 0 radical (unpaired) electrons. The first-order valence-electron chi connectivity index (χ1n) is 10.7. The van der Waals surface area contributed by atoms with Gasteiger partial charge in [-0.25, -0.2) is 0 Å². The molecule has 3 aromatic rings. The molecule has 0 bridgehead atoms. The Balaban J connectivity index is 1.89. The van der Waals surface area contributed by atoms with E-state index in [1.54, 1.807) is 42.5 Å². The molecule has 3 rings (SSSR count). The van der Waals surface area contributed by atoms with Crippen molar-refractivity contribution >= 4 is 40.9 Å². The topological polar surface area (TPSA) is 71.4 Å². The average molecular weight is 507 g/mol. The summed E-state index contributed by atoms with van der Waals surface area (Å²) in [5.41, 5.74) is 3.70. The number of hydrogen-bond donors (Lipinski definition) is 1. The minimum Gasteiger partial charge on any atom is -0.493 e. The van der Waals surface area contributed by atoms with E-state index in [9.17, 15) is 10.1 Å². The van der Waals surface area contributed by atoms with Gasteiger partial charge in [0.1, 0.15) is 18.2 Å². The Morgan fingerprint density at radius 1 is 1.14 bits per heavy atom. The van der Waals surface area contributed by atoms with Gasteiger partial charge in [-0.05, 0) is 72.5 Å². The van der Waals surface area contributed by atoms with E-state index in [0.717, 1.165) is 16.7 Å². The van der Waals surface area contributed by atoms with Crippen molar-refractivity contribution in [3.05, 3.63) is 105 Å². The average Bonchev–Trinajstić information content (AvgIpc) is 2.85. The highest BCUT2D eigenvalue weighted by Gasteiger charge is 2.15. The number of nitrogens with one attached hydrogen (secondary N) is 1. The monoisotopic (exact) mass is 506 g/mol. The first-order valence-corrected chi connectivity index (χ1v) is 11.5. The molecule has 0 aliphatic carbocycles. The van der Waals surface area contributed by atoms with Crippen molar-refractivity contribution in [2.24, 2.45) is 0 Å². The SMILES string of the molecule is C=CCc1cc(/C=C(/C#N)C(=O)Nc2ccc(C)c(Cl)c2)cc(OC)c1OCc1ccc(Cl)cc1. The minimum absolute atomic E-state index is 0.0665. The number of nitriles is 1. The van der Waals surface area contributed by atoms with Gasteiger partial charge in [0.2, 0.25) is 0 Å². The zero-order chi connectivity index (χ0) is 25.4. The normalized spacial score (nSPS) is 10.9. The number of rotatable bonds is 9. The number of allylic oxidation sites excluding steroid dienone is 1. The highest BCUT2D eigenvalue weighted by molar-refractivity contribution is 6.31. The summed E-state index contributed by atoms with van der Waals surface area (Å²) in [6.07, 6.45) is 3.75. The number of nitrogens with zero attached hydrogens (tertiary/aromatic N) is 1. The number of ether oxygens (including phenoxy) is 2. The van der Waals surface area contributed by atoms with Crippen molar-refractivity contribution < 1.29 is 14.3 Å². The number of methoxy groups -OCH3 is 1. The van der Waals surface area contributed by atoms with Crippen molar-refractivity contribution in [3.63, 3.8) is 0 Å². The van der Waals surface area contributed by atoms with E-state index in [1.165, 1.54) is 13.2 Å². The standard InChI is InChI=1S/C28H24Cl2N2O3/c1-4-5-21-12-20(13-22(16-31)28(33)32-24-11-6-18(2)25(30)15-24)14-26(34-3)27(21)35-17-19-7-9-23(29)10-8-19/h4,6-15H,1,5,17H2,2-3H3,(H,32,33)/b22-13-. The first-order chi connectivity index (χ1) is 16.8. The van der Waals surface area contributed by atoms with Gasteiger partial charge < -0.3 is 14.8 Å². The van der Waals surface area contributed by atoms with Crippen molar-refractivity contribution in [1.29, 1.82) is 5.26 Å². The van der Waals surface area contributed by atoms with Gasteiger partial charge in [-0.15, -0.1) is 6.58 Å². The van der Waals surface area contributed by atoms with E-state index in [4.69, 9.17) is 32.7 Å². The lowest BCUT2D eigenvalue weighted by atomic mass is 10.0. The number of hydrogen-bond acceptors (Lipinski definition) is 4. The Morgan fingerprint density at radius 3 is 2.51 bits per heavy atom. The summed E-state index contributed by atoms with van der Waals surface area (Å²) in [5, 5.41) is 13.5. The van der Waals surface area contributed by atoms with Crippen LogP contribution in [-0.2, 0) is 17.8 Å². The fourth-order valence-electron chi connectivity index (χ4n) is 3.31. The molecule has 0 spiro atoms. The molecule has 3 aromatic carbocycles. The summed E-state index contributed by atoms with van der Waals surface area (Å²) in [7, 11) is 1.54. The summed E-state index contributed by atoms with van der Waals surface area (Å²) >= 11 is 12.1. The van der Waals surface area contributed by atoms with E-state index in [1.807, 2.05) is 31.2 Å². The Kier molecular flexibility index (Phi) is 8.97. The van der Waals surface area contributed by atoms with Crippen molar-refractivity contribution in [1.82, 2.24) is 0 Å². The Morgan fingerprint density at radius 2 is 1.89 bits per heavy atom. The van der Waals surface area contributed by atoms with Crippen LogP contribution >= 0.6 is 23.2 Å². The molecule has 0 atom stereocenters. The minimum atomic E-state index is -0.542. The van der Waals surface area contributed by atoms with Crippen LogP contribution in [0.5, 0.6) is 11.5 Å². The number of carbonyl (C=O) groups is 1. The second-order valence-electron chi connectivity index (χ2n) is 7.71. The maximum absolute atomic E-state index is 12.7. The van der Waals surface area contributed by atoms with Crippen LogP contribution in [0.1, 0.15) is 22.3 Å². The smallest absolute Gasteiger partial charge is 0.266 e. The van der Waals surface area contributed by atoms with Crippen LogP contribution in [0.15, 0.2) is 72.8 Å². The Hall–Kier alpha value is -3.72. The molecule has 0 aromatic heterocycles. The van der Waals surface area contributed by atoms with Crippen molar-refractivity contribution in [3.8, 4) is 17.6 Å². The Labute approximate surface area is 215 Å². The summed E-state index contributed by atoms with van der Waals surface area (Å²) in [4.78, 5) is 12.7. The van der Waals surface area contributed by atoms with E-state index in [-0.39, 0.29) is 5.57 Å². The quantitative estimate of drug-likeness (QED) is 0.190. The molecule has 0 saturated carbocycles. The number of anilines is 1. The predicted octanol–water partition coefficient (Wildman–Crippen LogP) is 7.16. The molecule has 0 aliphatic rings. The number of carbonyl (C=O) groups excluding carboxylic acids is 1. The highest BCUT2D eigenvalue weighted by atomic mass is 35.5. The molecule has 1 amide bonds. The first kappa shape index (κ1) is 25.9. The molecule has 7 heteroatoms. The molecule has 0 fully saturated rings. The lowest BCUT2D eigenvalue weighted by Crippen LogP contribution is -2.13. The van der Waals surface area contributed by atoms with Gasteiger partial charge in [0.05, 0.1) is 7.11 Å². The van der Waals surface area contributed by atoms with E-state index >= 15 is 0 Å².